The maximum absolute atomic E-state index is 12.1. The van der Waals surface area contributed by atoms with Crippen LogP contribution in [-0.4, -0.2) is 23.5 Å². The number of ether oxygens (including phenoxy) is 1. The fraction of sp³-hybridized carbons (Fsp3) is 0.200. The van der Waals surface area contributed by atoms with Crippen molar-refractivity contribution in [1.82, 2.24) is 4.98 Å². The van der Waals surface area contributed by atoms with Crippen molar-refractivity contribution in [2.24, 2.45) is 0 Å². The van der Waals surface area contributed by atoms with E-state index in [2.05, 4.69) is 24.1 Å². The number of rotatable bonds is 5. The van der Waals surface area contributed by atoms with E-state index in [1.54, 1.807) is 6.07 Å². The van der Waals surface area contributed by atoms with Gasteiger partial charge in [0.25, 0.3) is 5.91 Å². The molecule has 0 spiro atoms. The van der Waals surface area contributed by atoms with Gasteiger partial charge in [-0.2, -0.15) is 0 Å². The summed E-state index contributed by atoms with van der Waals surface area (Å²) in [6.07, 6.45) is 0. The molecular formula is C20H20N2O3. The zero-order chi connectivity index (χ0) is 17.8. The molecule has 5 heteroatoms. The number of benzene rings is 2. The molecule has 3 rings (SSSR count). The van der Waals surface area contributed by atoms with Gasteiger partial charge in [0.2, 0.25) is 0 Å². The molecule has 0 atom stereocenters. The summed E-state index contributed by atoms with van der Waals surface area (Å²) >= 11 is 0. The van der Waals surface area contributed by atoms with Crippen molar-refractivity contribution in [2.75, 3.05) is 11.9 Å². The van der Waals surface area contributed by atoms with Crippen LogP contribution in [0.3, 0.4) is 0 Å². The van der Waals surface area contributed by atoms with Crippen LogP contribution in [0.4, 0.5) is 5.69 Å². The van der Waals surface area contributed by atoms with Crippen LogP contribution in [0.1, 0.15) is 35.8 Å². The SMILES string of the molecule is CC(C)c1ccccc1NC(=O)COC(=O)c1cc2ccccc2[nH]1. The number of nitrogens with one attached hydrogen (secondary N) is 2. The van der Waals surface area contributed by atoms with Gasteiger partial charge in [-0.15, -0.1) is 0 Å². The van der Waals surface area contributed by atoms with Crippen LogP contribution in [0.2, 0.25) is 0 Å². The number of amides is 1. The molecule has 0 bridgehead atoms. The molecule has 0 fully saturated rings. The molecule has 128 valence electrons. The first kappa shape index (κ1) is 16.8. The Morgan fingerprint density at radius 3 is 2.56 bits per heavy atom. The summed E-state index contributed by atoms with van der Waals surface area (Å²) in [6.45, 7) is 3.78. The third-order valence-corrected chi connectivity index (χ3v) is 3.94. The Kier molecular flexibility index (Phi) is 4.84. The molecule has 0 aliphatic rings. The van der Waals surface area contributed by atoms with E-state index in [-0.39, 0.29) is 18.4 Å². The average Bonchev–Trinajstić information content (AvgIpc) is 3.04. The molecule has 0 saturated carbocycles. The minimum absolute atomic E-state index is 0.283. The first-order valence-corrected chi connectivity index (χ1v) is 8.18. The van der Waals surface area contributed by atoms with Crippen molar-refractivity contribution in [1.29, 1.82) is 0 Å². The van der Waals surface area contributed by atoms with E-state index >= 15 is 0 Å². The maximum atomic E-state index is 12.1. The molecule has 2 N–H and O–H groups in total. The van der Waals surface area contributed by atoms with Crippen LogP contribution >= 0.6 is 0 Å². The number of aromatic nitrogens is 1. The zero-order valence-corrected chi connectivity index (χ0v) is 14.2. The third kappa shape index (κ3) is 3.88. The maximum Gasteiger partial charge on any atom is 0.355 e. The van der Waals surface area contributed by atoms with Crippen LogP contribution in [0.15, 0.2) is 54.6 Å². The summed E-state index contributed by atoms with van der Waals surface area (Å²) < 4.78 is 5.11. The number of para-hydroxylation sites is 2. The minimum atomic E-state index is -0.552. The van der Waals surface area contributed by atoms with Gasteiger partial charge in [0.1, 0.15) is 5.69 Å². The van der Waals surface area contributed by atoms with Crippen LogP contribution in [0, 0.1) is 0 Å². The Balaban J connectivity index is 1.61. The van der Waals surface area contributed by atoms with E-state index in [4.69, 9.17) is 4.74 Å². The van der Waals surface area contributed by atoms with E-state index in [1.807, 2.05) is 48.5 Å². The van der Waals surface area contributed by atoms with Crippen molar-refractivity contribution in [3.63, 3.8) is 0 Å². The highest BCUT2D eigenvalue weighted by Crippen LogP contribution is 2.23. The quantitative estimate of drug-likeness (QED) is 0.690. The highest BCUT2D eigenvalue weighted by Gasteiger charge is 2.14. The molecule has 5 nitrogen and oxygen atoms in total. The Morgan fingerprint density at radius 1 is 1.08 bits per heavy atom. The van der Waals surface area contributed by atoms with E-state index in [0.717, 1.165) is 22.2 Å². The van der Waals surface area contributed by atoms with E-state index in [1.165, 1.54) is 0 Å². The fourth-order valence-corrected chi connectivity index (χ4v) is 2.69. The molecule has 0 saturated heterocycles. The van der Waals surface area contributed by atoms with Gasteiger partial charge in [-0.1, -0.05) is 50.2 Å². The van der Waals surface area contributed by atoms with Crippen molar-refractivity contribution >= 4 is 28.5 Å². The first-order chi connectivity index (χ1) is 12.0. The van der Waals surface area contributed by atoms with Crippen molar-refractivity contribution in [3.8, 4) is 0 Å². The lowest BCUT2D eigenvalue weighted by atomic mass is 10.0. The van der Waals surface area contributed by atoms with Crippen molar-refractivity contribution in [2.45, 2.75) is 19.8 Å². The number of aromatic amines is 1. The fourth-order valence-electron chi connectivity index (χ4n) is 2.69. The summed E-state index contributed by atoms with van der Waals surface area (Å²) in [6, 6.07) is 16.9. The monoisotopic (exact) mass is 336 g/mol. The van der Waals surface area contributed by atoms with Crippen LogP contribution in [0.5, 0.6) is 0 Å². The van der Waals surface area contributed by atoms with Crippen LogP contribution in [-0.2, 0) is 9.53 Å². The Morgan fingerprint density at radius 2 is 1.80 bits per heavy atom. The van der Waals surface area contributed by atoms with Gasteiger partial charge in [0, 0.05) is 16.6 Å². The second kappa shape index (κ2) is 7.21. The normalized spacial score (nSPS) is 10.8. The van der Waals surface area contributed by atoms with E-state index in [9.17, 15) is 9.59 Å². The van der Waals surface area contributed by atoms with Gasteiger partial charge < -0.3 is 15.0 Å². The highest BCUT2D eigenvalue weighted by atomic mass is 16.5. The predicted molar refractivity (Wildman–Crippen MR) is 97.7 cm³/mol. The summed E-state index contributed by atoms with van der Waals surface area (Å²) in [5, 5.41) is 3.72. The lowest BCUT2D eigenvalue weighted by molar-refractivity contribution is -0.119. The highest BCUT2D eigenvalue weighted by molar-refractivity contribution is 5.97. The number of carbonyl (C=O) groups is 2. The number of fused-ring (bicyclic) bond motifs is 1. The molecule has 1 aromatic heterocycles. The number of anilines is 1. The molecular weight excluding hydrogens is 316 g/mol. The molecule has 1 amide bonds. The average molecular weight is 336 g/mol. The van der Waals surface area contributed by atoms with Gasteiger partial charge in [-0.3, -0.25) is 4.79 Å². The Labute approximate surface area is 146 Å². The predicted octanol–water partition coefficient (Wildman–Crippen LogP) is 4.09. The number of carbonyl (C=O) groups excluding carboxylic acids is 2. The standard InChI is InChI=1S/C20H20N2O3/c1-13(2)15-8-4-6-10-17(15)22-19(23)12-25-20(24)18-11-14-7-3-5-9-16(14)21-18/h3-11,13,21H,12H2,1-2H3,(H,22,23). The Hall–Kier alpha value is -3.08. The molecule has 1 heterocycles. The summed E-state index contributed by atoms with van der Waals surface area (Å²) in [4.78, 5) is 27.2. The smallest absolute Gasteiger partial charge is 0.355 e. The molecule has 3 aromatic rings. The number of H-pyrrole nitrogens is 1. The largest absolute Gasteiger partial charge is 0.451 e. The topological polar surface area (TPSA) is 71.2 Å². The van der Waals surface area contributed by atoms with Crippen LogP contribution < -0.4 is 5.32 Å². The number of esters is 1. The second-order valence-electron chi connectivity index (χ2n) is 6.14. The number of hydrogen-bond acceptors (Lipinski definition) is 3. The van der Waals surface area contributed by atoms with Gasteiger partial charge in [-0.05, 0) is 29.7 Å². The third-order valence-electron chi connectivity index (χ3n) is 3.94. The van der Waals surface area contributed by atoms with Gasteiger partial charge >= 0.3 is 5.97 Å². The number of hydrogen-bond donors (Lipinski definition) is 2. The summed E-state index contributed by atoms with van der Waals surface area (Å²) in [7, 11) is 0. The summed E-state index contributed by atoms with van der Waals surface area (Å²) in [5.41, 5.74) is 2.96. The van der Waals surface area contributed by atoms with Gasteiger partial charge in [0.15, 0.2) is 6.61 Å². The zero-order valence-electron chi connectivity index (χ0n) is 14.2. The van der Waals surface area contributed by atoms with E-state index < -0.39 is 5.97 Å². The van der Waals surface area contributed by atoms with Crippen LogP contribution in [0.25, 0.3) is 10.9 Å². The molecule has 0 radical (unpaired) electrons. The Bertz CT molecular complexity index is 879. The summed E-state index contributed by atoms with van der Waals surface area (Å²) in [5.74, 6) is -0.633. The minimum Gasteiger partial charge on any atom is -0.451 e. The molecule has 2 aromatic carbocycles. The lowest BCUT2D eigenvalue weighted by Gasteiger charge is -2.13. The molecule has 0 unspecified atom stereocenters. The van der Waals surface area contributed by atoms with Crippen molar-refractivity contribution < 1.29 is 14.3 Å². The van der Waals surface area contributed by atoms with Crippen molar-refractivity contribution in [3.05, 3.63) is 65.9 Å². The molecule has 0 aliphatic carbocycles. The second-order valence-corrected chi connectivity index (χ2v) is 6.14. The van der Waals surface area contributed by atoms with Gasteiger partial charge in [-0.25, -0.2) is 4.79 Å². The first-order valence-electron chi connectivity index (χ1n) is 8.18. The lowest BCUT2D eigenvalue weighted by Crippen LogP contribution is -2.21. The van der Waals surface area contributed by atoms with Gasteiger partial charge in [0.05, 0.1) is 0 Å². The molecule has 25 heavy (non-hydrogen) atoms. The molecule has 0 aliphatic heterocycles. The van der Waals surface area contributed by atoms with E-state index in [0.29, 0.717) is 5.69 Å².